The average molecular weight is 330 g/mol. The summed E-state index contributed by atoms with van der Waals surface area (Å²) >= 11 is 3.15. The Bertz CT molecular complexity index is 413. The summed E-state index contributed by atoms with van der Waals surface area (Å²) in [4.78, 5) is 0. The molecule has 1 aliphatic rings. The summed E-state index contributed by atoms with van der Waals surface area (Å²) in [5.41, 5.74) is 0. The minimum absolute atomic E-state index is 0.262. The van der Waals surface area contributed by atoms with Crippen LogP contribution < -0.4 is 10.1 Å². The number of benzene rings is 1. The second kappa shape index (κ2) is 7.25. The van der Waals surface area contributed by atoms with Gasteiger partial charge < -0.3 is 10.1 Å². The molecule has 2 atom stereocenters. The first kappa shape index (κ1) is 14.8. The van der Waals surface area contributed by atoms with Gasteiger partial charge in [0, 0.05) is 12.6 Å². The van der Waals surface area contributed by atoms with Gasteiger partial charge >= 0.3 is 0 Å². The lowest BCUT2D eigenvalue weighted by molar-refractivity contribution is 0.266. The summed E-state index contributed by atoms with van der Waals surface area (Å²) in [5.74, 6) is 1.27. The molecule has 1 aliphatic carbocycles. The van der Waals surface area contributed by atoms with Crippen LogP contribution in [0.2, 0.25) is 0 Å². The highest BCUT2D eigenvalue weighted by atomic mass is 79.9. The zero-order chi connectivity index (χ0) is 13.7. The SMILES string of the molecule is CC1CCCC(NCCOc2ccc(F)c(Br)c2)C1. The molecule has 19 heavy (non-hydrogen) atoms. The standard InChI is InChI=1S/C15H21BrFNO/c1-11-3-2-4-12(9-11)18-7-8-19-13-5-6-15(17)14(16)10-13/h5-6,10-12,18H,2-4,7-9H2,1H3. The molecule has 2 rings (SSSR count). The van der Waals surface area contributed by atoms with Gasteiger partial charge in [-0.3, -0.25) is 0 Å². The molecule has 0 heterocycles. The van der Waals surface area contributed by atoms with Crippen molar-refractivity contribution in [2.24, 2.45) is 5.92 Å². The molecule has 1 saturated carbocycles. The van der Waals surface area contributed by atoms with Crippen LogP contribution in [0.1, 0.15) is 32.6 Å². The lowest BCUT2D eigenvalue weighted by Crippen LogP contribution is -2.36. The fourth-order valence-corrected chi connectivity index (χ4v) is 2.98. The quantitative estimate of drug-likeness (QED) is 0.820. The van der Waals surface area contributed by atoms with E-state index in [4.69, 9.17) is 4.74 Å². The van der Waals surface area contributed by atoms with Crippen molar-refractivity contribution < 1.29 is 9.13 Å². The predicted octanol–water partition coefficient (Wildman–Crippen LogP) is 4.14. The van der Waals surface area contributed by atoms with Crippen molar-refractivity contribution in [1.29, 1.82) is 0 Å². The van der Waals surface area contributed by atoms with Gasteiger partial charge in [0.05, 0.1) is 4.47 Å². The molecule has 0 aromatic heterocycles. The Hall–Kier alpha value is -0.610. The second-order valence-electron chi connectivity index (χ2n) is 5.35. The van der Waals surface area contributed by atoms with Crippen LogP contribution in [0, 0.1) is 11.7 Å². The van der Waals surface area contributed by atoms with Gasteiger partial charge in [-0.2, -0.15) is 0 Å². The van der Waals surface area contributed by atoms with Gasteiger partial charge in [0.2, 0.25) is 0 Å². The average Bonchev–Trinajstić information content (AvgIpc) is 2.39. The van der Waals surface area contributed by atoms with Gasteiger partial charge in [-0.25, -0.2) is 4.39 Å². The van der Waals surface area contributed by atoms with Gasteiger partial charge in [0.25, 0.3) is 0 Å². The highest BCUT2D eigenvalue weighted by Crippen LogP contribution is 2.23. The maximum Gasteiger partial charge on any atom is 0.137 e. The Morgan fingerprint density at radius 2 is 2.26 bits per heavy atom. The minimum Gasteiger partial charge on any atom is -0.492 e. The van der Waals surface area contributed by atoms with Crippen LogP contribution in [-0.4, -0.2) is 19.2 Å². The largest absolute Gasteiger partial charge is 0.492 e. The van der Waals surface area contributed by atoms with E-state index in [1.165, 1.54) is 31.7 Å². The fraction of sp³-hybridized carbons (Fsp3) is 0.600. The first-order chi connectivity index (χ1) is 9.15. The van der Waals surface area contributed by atoms with E-state index in [9.17, 15) is 4.39 Å². The first-order valence-electron chi connectivity index (χ1n) is 6.96. The molecule has 0 saturated heterocycles. The zero-order valence-electron chi connectivity index (χ0n) is 11.3. The van der Waals surface area contributed by atoms with Crippen LogP contribution in [0.3, 0.4) is 0 Å². The molecule has 1 N–H and O–H groups in total. The van der Waals surface area contributed by atoms with E-state index >= 15 is 0 Å². The van der Waals surface area contributed by atoms with Crippen molar-refractivity contribution in [3.8, 4) is 5.75 Å². The topological polar surface area (TPSA) is 21.3 Å². The number of rotatable bonds is 5. The van der Waals surface area contributed by atoms with Gasteiger partial charge in [0.15, 0.2) is 0 Å². The monoisotopic (exact) mass is 329 g/mol. The third-order valence-corrected chi connectivity index (χ3v) is 4.24. The molecule has 0 spiro atoms. The van der Waals surface area contributed by atoms with Crippen LogP contribution in [0.5, 0.6) is 5.75 Å². The summed E-state index contributed by atoms with van der Waals surface area (Å²) in [7, 11) is 0. The van der Waals surface area contributed by atoms with Crippen LogP contribution in [0.25, 0.3) is 0 Å². The van der Waals surface area contributed by atoms with E-state index in [1.54, 1.807) is 12.1 Å². The Labute approximate surface area is 122 Å². The van der Waals surface area contributed by atoms with Gasteiger partial charge in [-0.05, 0) is 52.9 Å². The lowest BCUT2D eigenvalue weighted by Gasteiger charge is -2.27. The summed E-state index contributed by atoms with van der Waals surface area (Å²) in [5, 5.41) is 3.54. The van der Waals surface area contributed by atoms with Crippen molar-refractivity contribution in [3.63, 3.8) is 0 Å². The van der Waals surface area contributed by atoms with Gasteiger partial charge in [0.1, 0.15) is 18.2 Å². The third-order valence-electron chi connectivity index (χ3n) is 3.63. The third kappa shape index (κ3) is 4.77. The Balaban J connectivity index is 1.67. The Morgan fingerprint density at radius 1 is 1.42 bits per heavy atom. The normalized spacial score (nSPS) is 23.3. The van der Waals surface area contributed by atoms with Crippen molar-refractivity contribution in [2.75, 3.05) is 13.2 Å². The van der Waals surface area contributed by atoms with Crippen molar-refractivity contribution in [1.82, 2.24) is 5.32 Å². The highest BCUT2D eigenvalue weighted by Gasteiger charge is 2.17. The van der Waals surface area contributed by atoms with Crippen LogP contribution in [0.4, 0.5) is 4.39 Å². The number of hydrogen-bond acceptors (Lipinski definition) is 2. The molecule has 0 aliphatic heterocycles. The van der Waals surface area contributed by atoms with Gasteiger partial charge in [-0.1, -0.05) is 19.8 Å². The van der Waals surface area contributed by atoms with Crippen LogP contribution in [-0.2, 0) is 0 Å². The van der Waals surface area contributed by atoms with E-state index in [-0.39, 0.29) is 5.82 Å². The fourth-order valence-electron chi connectivity index (χ4n) is 2.62. The lowest BCUT2D eigenvalue weighted by atomic mass is 9.87. The smallest absolute Gasteiger partial charge is 0.137 e. The van der Waals surface area contributed by atoms with Gasteiger partial charge in [-0.15, -0.1) is 0 Å². The summed E-state index contributed by atoms with van der Waals surface area (Å²) in [6.07, 6.45) is 5.22. The summed E-state index contributed by atoms with van der Waals surface area (Å²) < 4.78 is 19.1. The van der Waals surface area contributed by atoms with Crippen molar-refractivity contribution in [3.05, 3.63) is 28.5 Å². The highest BCUT2D eigenvalue weighted by molar-refractivity contribution is 9.10. The van der Waals surface area contributed by atoms with E-state index < -0.39 is 0 Å². The molecule has 2 nitrogen and oxygen atoms in total. The second-order valence-corrected chi connectivity index (χ2v) is 6.20. The molecule has 4 heteroatoms. The first-order valence-corrected chi connectivity index (χ1v) is 7.75. The number of hydrogen-bond donors (Lipinski definition) is 1. The molecule has 1 aromatic carbocycles. The van der Waals surface area contributed by atoms with E-state index in [2.05, 4.69) is 28.2 Å². The molecule has 0 radical (unpaired) electrons. The molecule has 106 valence electrons. The molecular weight excluding hydrogens is 309 g/mol. The van der Waals surface area contributed by atoms with E-state index in [0.29, 0.717) is 22.9 Å². The maximum atomic E-state index is 13.1. The zero-order valence-corrected chi connectivity index (χ0v) is 12.9. The molecule has 2 unspecified atom stereocenters. The number of nitrogens with one attached hydrogen (secondary N) is 1. The van der Waals surface area contributed by atoms with Crippen molar-refractivity contribution in [2.45, 2.75) is 38.6 Å². The minimum atomic E-state index is -0.262. The molecular formula is C15H21BrFNO. The molecule has 0 amide bonds. The molecule has 1 aromatic rings. The van der Waals surface area contributed by atoms with E-state index in [0.717, 1.165) is 12.5 Å². The van der Waals surface area contributed by atoms with Crippen molar-refractivity contribution >= 4 is 15.9 Å². The number of ether oxygens (including phenoxy) is 1. The summed E-state index contributed by atoms with van der Waals surface area (Å²) in [6, 6.07) is 5.36. The molecule has 0 bridgehead atoms. The predicted molar refractivity (Wildman–Crippen MR) is 79.0 cm³/mol. The Morgan fingerprint density at radius 3 is 3.00 bits per heavy atom. The Kier molecular flexibility index (Phi) is 5.64. The maximum absolute atomic E-state index is 13.1. The molecule has 1 fully saturated rings. The van der Waals surface area contributed by atoms with E-state index in [1.807, 2.05) is 0 Å². The summed E-state index contributed by atoms with van der Waals surface area (Å²) in [6.45, 7) is 3.77. The van der Waals surface area contributed by atoms with Crippen LogP contribution in [0.15, 0.2) is 22.7 Å². The number of halogens is 2. The van der Waals surface area contributed by atoms with Crippen LogP contribution >= 0.6 is 15.9 Å².